The van der Waals surface area contributed by atoms with Gasteiger partial charge < -0.3 is 10.1 Å². The first-order chi connectivity index (χ1) is 12.6. The number of benzene rings is 2. The van der Waals surface area contributed by atoms with Crippen LogP contribution in [0.2, 0.25) is 0 Å². The van der Waals surface area contributed by atoms with Crippen molar-refractivity contribution in [3.05, 3.63) is 65.6 Å². The Labute approximate surface area is 134 Å². The normalized spacial score (nSPS) is 16.1. The minimum Gasteiger partial charge on any atom is -0.486 e. The van der Waals surface area contributed by atoms with Crippen LogP contribution in [-0.2, 0) is 6.18 Å². The van der Waals surface area contributed by atoms with Gasteiger partial charge in [-0.15, -0.1) is 0 Å². The standard InChI is InChI=1S/C17H18F3NO/c1-21-12-11-16(13-5-3-2-4-6-13)22-15-9-7-14(8-10-15)17(18,19)20/h2-10,16,21H,11-12H2,1H3/t16-/m0/s1/i2D,3D,4D,5D,6D. The van der Waals surface area contributed by atoms with Crippen molar-refractivity contribution in [2.45, 2.75) is 18.7 Å². The van der Waals surface area contributed by atoms with E-state index in [2.05, 4.69) is 5.32 Å². The van der Waals surface area contributed by atoms with Gasteiger partial charge in [-0.25, -0.2) is 0 Å². The van der Waals surface area contributed by atoms with Crippen molar-refractivity contribution in [3.63, 3.8) is 0 Å². The smallest absolute Gasteiger partial charge is 0.416 e. The summed E-state index contributed by atoms with van der Waals surface area (Å²) in [5, 5.41) is 2.88. The third-order valence-electron chi connectivity index (χ3n) is 2.96. The van der Waals surface area contributed by atoms with Gasteiger partial charge in [-0.2, -0.15) is 13.2 Å². The van der Waals surface area contributed by atoms with Crippen LogP contribution < -0.4 is 10.1 Å². The Hall–Kier alpha value is -2.01. The van der Waals surface area contributed by atoms with Gasteiger partial charge in [0.05, 0.1) is 12.4 Å². The molecule has 0 amide bonds. The molecule has 0 saturated heterocycles. The third kappa shape index (κ3) is 4.49. The molecule has 0 saturated carbocycles. The molecule has 118 valence electrons. The average molecular weight is 314 g/mol. The van der Waals surface area contributed by atoms with Gasteiger partial charge in [0, 0.05) is 6.42 Å². The highest BCUT2D eigenvalue weighted by Gasteiger charge is 2.30. The Morgan fingerprint density at radius 1 is 1.14 bits per heavy atom. The molecule has 2 nitrogen and oxygen atoms in total. The summed E-state index contributed by atoms with van der Waals surface area (Å²) in [6, 6.07) is 1.74. The zero-order chi connectivity index (χ0) is 20.4. The highest BCUT2D eigenvalue weighted by molar-refractivity contribution is 5.30. The molecule has 0 aromatic heterocycles. The van der Waals surface area contributed by atoms with Crippen LogP contribution in [0.3, 0.4) is 0 Å². The van der Waals surface area contributed by atoms with E-state index in [4.69, 9.17) is 11.6 Å². The van der Waals surface area contributed by atoms with Gasteiger partial charge in [-0.1, -0.05) is 30.2 Å². The molecule has 2 rings (SSSR count). The molecule has 0 aliphatic carbocycles. The summed E-state index contributed by atoms with van der Waals surface area (Å²) in [6.45, 7) is 0.410. The first-order valence-corrected chi connectivity index (χ1v) is 6.63. The van der Waals surface area contributed by atoms with Gasteiger partial charge in [-0.3, -0.25) is 0 Å². The Balaban J connectivity index is 2.42. The van der Waals surface area contributed by atoms with Crippen LogP contribution in [0.5, 0.6) is 5.75 Å². The summed E-state index contributed by atoms with van der Waals surface area (Å²) in [6.07, 6.45) is -5.15. The largest absolute Gasteiger partial charge is 0.486 e. The molecule has 5 heteroatoms. The molecule has 0 radical (unpaired) electrons. The van der Waals surface area contributed by atoms with Crippen molar-refractivity contribution >= 4 is 0 Å². The number of rotatable bonds is 6. The van der Waals surface area contributed by atoms with Crippen molar-refractivity contribution in [2.75, 3.05) is 13.6 Å². The van der Waals surface area contributed by atoms with Crippen LogP contribution in [-0.4, -0.2) is 13.6 Å². The number of hydrogen-bond acceptors (Lipinski definition) is 2. The van der Waals surface area contributed by atoms with Crippen LogP contribution in [0.25, 0.3) is 0 Å². The summed E-state index contributed by atoms with van der Waals surface area (Å²) in [7, 11) is 1.68. The van der Waals surface area contributed by atoms with Crippen molar-refractivity contribution in [3.8, 4) is 5.75 Å². The molecule has 0 spiro atoms. The zero-order valence-electron chi connectivity index (χ0n) is 16.8. The van der Waals surface area contributed by atoms with E-state index < -0.39 is 48.1 Å². The van der Waals surface area contributed by atoms with Gasteiger partial charge in [0.2, 0.25) is 0 Å². The fourth-order valence-electron chi connectivity index (χ4n) is 1.85. The van der Waals surface area contributed by atoms with Gasteiger partial charge in [0.15, 0.2) is 0 Å². The Kier molecular flexibility index (Phi) is 3.55. The molecule has 1 N–H and O–H groups in total. The zero-order valence-corrected chi connectivity index (χ0v) is 11.8. The lowest BCUT2D eigenvalue weighted by atomic mass is 10.1. The number of nitrogens with one attached hydrogen (secondary N) is 1. The quantitative estimate of drug-likeness (QED) is 0.851. The fraction of sp³-hybridized carbons (Fsp3) is 0.294. The average Bonchev–Trinajstić information content (AvgIpc) is 2.62. The van der Waals surface area contributed by atoms with E-state index >= 15 is 0 Å². The molecule has 0 unspecified atom stereocenters. The minimum absolute atomic E-state index is 0.0313. The van der Waals surface area contributed by atoms with E-state index in [1.54, 1.807) is 7.05 Å². The predicted octanol–water partition coefficient (Wildman–Crippen LogP) is 4.44. The maximum Gasteiger partial charge on any atom is 0.416 e. The molecule has 22 heavy (non-hydrogen) atoms. The molecule has 0 aliphatic heterocycles. The molecule has 0 heterocycles. The summed E-state index contributed by atoms with van der Waals surface area (Å²) in [5.41, 5.74) is -0.861. The summed E-state index contributed by atoms with van der Waals surface area (Å²) in [4.78, 5) is 0. The lowest BCUT2D eigenvalue weighted by molar-refractivity contribution is -0.137. The maximum absolute atomic E-state index is 12.7. The van der Waals surface area contributed by atoms with Crippen molar-refractivity contribution in [1.82, 2.24) is 5.32 Å². The summed E-state index contributed by atoms with van der Waals surface area (Å²) >= 11 is 0. The Morgan fingerprint density at radius 3 is 2.32 bits per heavy atom. The van der Waals surface area contributed by atoms with E-state index in [1.165, 1.54) is 0 Å². The lowest BCUT2D eigenvalue weighted by Crippen LogP contribution is -2.16. The number of ether oxygens (including phenoxy) is 1. The highest BCUT2D eigenvalue weighted by Crippen LogP contribution is 2.31. The topological polar surface area (TPSA) is 21.3 Å². The second-order valence-corrected chi connectivity index (χ2v) is 4.56. The van der Waals surface area contributed by atoms with Crippen molar-refractivity contribution in [2.24, 2.45) is 0 Å². The second kappa shape index (κ2) is 7.31. The predicted molar refractivity (Wildman–Crippen MR) is 79.8 cm³/mol. The summed E-state index contributed by atoms with van der Waals surface area (Å²) in [5.74, 6) is 0.107. The van der Waals surface area contributed by atoms with E-state index in [-0.39, 0.29) is 17.7 Å². The first-order valence-electron chi connectivity index (χ1n) is 9.13. The van der Waals surface area contributed by atoms with Crippen LogP contribution in [0.4, 0.5) is 13.2 Å². The van der Waals surface area contributed by atoms with Crippen LogP contribution in [0.15, 0.2) is 54.5 Å². The molecule has 1 atom stereocenters. The molecule has 0 bridgehead atoms. The van der Waals surface area contributed by atoms with Crippen LogP contribution in [0, 0.1) is 0 Å². The molecule has 2 aromatic rings. The highest BCUT2D eigenvalue weighted by atomic mass is 19.4. The van der Waals surface area contributed by atoms with Crippen molar-refractivity contribution < 1.29 is 24.8 Å². The fourth-order valence-corrected chi connectivity index (χ4v) is 1.85. The Morgan fingerprint density at radius 2 is 1.77 bits per heavy atom. The van der Waals surface area contributed by atoms with E-state index in [1.807, 2.05) is 0 Å². The number of hydrogen-bond donors (Lipinski definition) is 1. The van der Waals surface area contributed by atoms with E-state index in [0.717, 1.165) is 24.3 Å². The number of alkyl halides is 3. The molecular formula is C17H18F3NO. The number of halogens is 3. The van der Waals surface area contributed by atoms with Gasteiger partial charge in [0.25, 0.3) is 0 Å². The van der Waals surface area contributed by atoms with Gasteiger partial charge in [0.1, 0.15) is 11.9 Å². The van der Waals surface area contributed by atoms with E-state index in [9.17, 15) is 13.2 Å². The SMILES string of the molecule is [2H]c1c([2H])c([2H])c([C@H](CCNC)Oc2ccc(C(F)(F)F)cc2)c([2H])c1[2H]. The molecule has 0 aliphatic rings. The third-order valence-corrected chi connectivity index (χ3v) is 2.96. The second-order valence-electron chi connectivity index (χ2n) is 4.56. The molecule has 0 fully saturated rings. The van der Waals surface area contributed by atoms with Crippen LogP contribution in [0.1, 0.15) is 30.5 Å². The van der Waals surface area contributed by atoms with Gasteiger partial charge in [-0.05, 0) is 43.4 Å². The monoisotopic (exact) mass is 314 g/mol. The maximum atomic E-state index is 12.7. The lowest BCUT2D eigenvalue weighted by Gasteiger charge is -2.20. The van der Waals surface area contributed by atoms with Crippen LogP contribution >= 0.6 is 0 Å². The van der Waals surface area contributed by atoms with Crippen molar-refractivity contribution in [1.29, 1.82) is 0 Å². The van der Waals surface area contributed by atoms with E-state index in [0.29, 0.717) is 6.54 Å². The first kappa shape index (κ1) is 10.7. The minimum atomic E-state index is -4.48. The summed E-state index contributed by atoms with van der Waals surface area (Å²) < 4.78 is 83.1. The molecule has 2 aromatic carbocycles. The molecular weight excluding hydrogens is 291 g/mol. The Bertz CT molecular complexity index is 783. The van der Waals surface area contributed by atoms with Gasteiger partial charge >= 0.3 is 6.18 Å².